The second-order valence-corrected chi connectivity index (χ2v) is 7.30. The maximum absolute atomic E-state index is 13.0. The minimum Gasteiger partial charge on any atom is -0.493 e. The molecule has 0 radical (unpaired) electrons. The summed E-state index contributed by atoms with van der Waals surface area (Å²) in [5, 5.41) is 0. The average molecular weight is 412 g/mol. The van der Waals surface area contributed by atoms with Gasteiger partial charge in [0, 0.05) is 37.3 Å². The number of nitrogens with zero attached hydrogens (tertiary/aromatic N) is 2. The molecular formula is C23H28N2O5. The van der Waals surface area contributed by atoms with Gasteiger partial charge >= 0.3 is 0 Å². The molecule has 1 saturated heterocycles. The molecule has 0 atom stereocenters. The van der Waals surface area contributed by atoms with Crippen LogP contribution in [0, 0.1) is 13.8 Å². The molecule has 2 aromatic rings. The van der Waals surface area contributed by atoms with E-state index >= 15 is 0 Å². The second-order valence-electron chi connectivity index (χ2n) is 7.30. The standard InChI is InChI=1S/C23H28N2O5/c1-15-6-7-17(12-16(15)2)22(26)24-8-10-25(11-9-24)23(27)18-13-19(28-3)21(30-5)20(14-18)29-4/h6-7,12-14H,8-11H2,1-5H3. The number of benzene rings is 2. The van der Waals surface area contributed by atoms with Gasteiger partial charge in [0.15, 0.2) is 11.5 Å². The third-order valence-electron chi connectivity index (χ3n) is 5.52. The normalized spacial score (nSPS) is 13.8. The molecule has 160 valence electrons. The van der Waals surface area contributed by atoms with E-state index in [4.69, 9.17) is 14.2 Å². The monoisotopic (exact) mass is 412 g/mol. The number of hydrogen-bond donors (Lipinski definition) is 0. The van der Waals surface area contributed by atoms with Gasteiger partial charge in [-0.3, -0.25) is 9.59 Å². The first kappa shape index (κ1) is 21.5. The summed E-state index contributed by atoms with van der Waals surface area (Å²) in [4.78, 5) is 29.4. The lowest BCUT2D eigenvalue weighted by atomic mass is 10.1. The molecule has 0 spiro atoms. The number of ether oxygens (including phenoxy) is 3. The largest absolute Gasteiger partial charge is 0.493 e. The Morgan fingerprint density at radius 2 is 1.20 bits per heavy atom. The van der Waals surface area contributed by atoms with Gasteiger partial charge in [-0.2, -0.15) is 0 Å². The van der Waals surface area contributed by atoms with E-state index in [0.717, 1.165) is 11.1 Å². The molecule has 3 rings (SSSR count). The van der Waals surface area contributed by atoms with E-state index in [0.29, 0.717) is 54.6 Å². The van der Waals surface area contributed by atoms with Crippen LogP contribution in [0.3, 0.4) is 0 Å². The number of carbonyl (C=O) groups is 2. The van der Waals surface area contributed by atoms with E-state index in [1.54, 1.807) is 21.9 Å². The van der Waals surface area contributed by atoms with E-state index in [-0.39, 0.29) is 11.8 Å². The fourth-order valence-corrected chi connectivity index (χ4v) is 3.56. The van der Waals surface area contributed by atoms with Crippen molar-refractivity contribution in [2.45, 2.75) is 13.8 Å². The number of carbonyl (C=O) groups excluding carboxylic acids is 2. The minimum absolute atomic E-state index is 0.00187. The summed E-state index contributed by atoms with van der Waals surface area (Å²) in [5.41, 5.74) is 3.39. The molecule has 7 nitrogen and oxygen atoms in total. The minimum atomic E-state index is -0.132. The number of hydrogen-bond acceptors (Lipinski definition) is 5. The van der Waals surface area contributed by atoms with Crippen LogP contribution in [-0.2, 0) is 0 Å². The predicted octanol–water partition coefficient (Wildman–Crippen LogP) is 2.93. The van der Waals surface area contributed by atoms with Crippen LogP contribution in [-0.4, -0.2) is 69.1 Å². The molecule has 1 aliphatic heterocycles. The molecule has 1 fully saturated rings. The molecule has 1 aliphatic rings. The Morgan fingerprint density at radius 3 is 1.63 bits per heavy atom. The van der Waals surface area contributed by atoms with E-state index in [9.17, 15) is 9.59 Å². The SMILES string of the molecule is COc1cc(C(=O)N2CCN(C(=O)c3ccc(C)c(C)c3)CC2)cc(OC)c1OC. The Bertz CT molecular complexity index is 924. The van der Waals surface area contributed by atoms with Gasteiger partial charge in [0.25, 0.3) is 11.8 Å². The summed E-state index contributed by atoms with van der Waals surface area (Å²) < 4.78 is 16.0. The summed E-state index contributed by atoms with van der Waals surface area (Å²) in [6, 6.07) is 9.04. The van der Waals surface area contributed by atoms with Gasteiger partial charge in [-0.15, -0.1) is 0 Å². The lowest BCUT2D eigenvalue weighted by Gasteiger charge is -2.35. The number of aryl methyl sites for hydroxylation is 2. The molecular weight excluding hydrogens is 384 g/mol. The first-order chi connectivity index (χ1) is 14.4. The van der Waals surface area contributed by atoms with Crippen molar-refractivity contribution in [1.29, 1.82) is 0 Å². The maximum Gasteiger partial charge on any atom is 0.254 e. The molecule has 1 heterocycles. The summed E-state index contributed by atoms with van der Waals surface area (Å²) in [6.45, 7) is 5.93. The van der Waals surface area contributed by atoms with Crippen molar-refractivity contribution in [3.63, 3.8) is 0 Å². The fourth-order valence-electron chi connectivity index (χ4n) is 3.56. The first-order valence-electron chi connectivity index (χ1n) is 9.85. The van der Waals surface area contributed by atoms with Gasteiger partial charge in [0.1, 0.15) is 0 Å². The summed E-state index contributed by atoms with van der Waals surface area (Å²) in [5.74, 6) is 1.18. The molecule has 2 amide bonds. The van der Waals surface area contributed by atoms with Crippen molar-refractivity contribution in [2.75, 3.05) is 47.5 Å². The molecule has 0 aromatic heterocycles. The molecule has 0 N–H and O–H groups in total. The molecule has 30 heavy (non-hydrogen) atoms. The highest BCUT2D eigenvalue weighted by Gasteiger charge is 2.27. The number of methoxy groups -OCH3 is 3. The number of piperazine rings is 1. The van der Waals surface area contributed by atoms with Crippen molar-refractivity contribution in [3.8, 4) is 17.2 Å². The van der Waals surface area contributed by atoms with Gasteiger partial charge in [-0.1, -0.05) is 6.07 Å². The summed E-state index contributed by atoms with van der Waals surface area (Å²) in [7, 11) is 4.55. The second kappa shape index (κ2) is 9.07. The highest BCUT2D eigenvalue weighted by molar-refractivity contribution is 5.97. The predicted molar refractivity (Wildman–Crippen MR) is 114 cm³/mol. The lowest BCUT2D eigenvalue weighted by molar-refractivity contribution is 0.0535. The first-order valence-corrected chi connectivity index (χ1v) is 9.85. The van der Waals surface area contributed by atoms with Crippen LogP contribution in [0.15, 0.2) is 30.3 Å². The van der Waals surface area contributed by atoms with Gasteiger partial charge < -0.3 is 24.0 Å². The van der Waals surface area contributed by atoms with Crippen LogP contribution in [0.5, 0.6) is 17.2 Å². The number of rotatable bonds is 5. The zero-order valence-electron chi connectivity index (χ0n) is 18.2. The van der Waals surface area contributed by atoms with Crippen LogP contribution >= 0.6 is 0 Å². The van der Waals surface area contributed by atoms with Crippen molar-refractivity contribution in [2.24, 2.45) is 0 Å². The van der Waals surface area contributed by atoms with E-state index in [1.165, 1.54) is 21.3 Å². The Hall–Kier alpha value is -3.22. The summed E-state index contributed by atoms with van der Waals surface area (Å²) in [6.07, 6.45) is 0. The highest BCUT2D eigenvalue weighted by Crippen LogP contribution is 2.38. The topological polar surface area (TPSA) is 68.3 Å². The van der Waals surface area contributed by atoms with Crippen LogP contribution in [0.4, 0.5) is 0 Å². The van der Waals surface area contributed by atoms with Crippen molar-refractivity contribution in [1.82, 2.24) is 9.80 Å². The van der Waals surface area contributed by atoms with Crippen LogP contribution < -0.4 is 14.2 Å². The Kier molecular flexibility index (Phi) is 6.50. The number of amides is 2. The van der Waals surface area contributed by atoms with Crippen molar-refractivity contribution >= 4 is 11.8 Å². The third kappa shape index (κ3) is 4.20. The molecule has 7 heteroatoms. The summed E-state index contributed by atoms with van der Waals surface area (Å²) >= 11 is 0. The molecule has 0 unspecified atom stereocenters. The fraction of sp³-hybridized carbons (Fsp3) is 0.391. The van der Waals surface area contributed by atoms with E-state index in [2.05, 4.69) is 0 Å². The molecule has 2 aromatic carbocycles. The van der Waals surface area contributed by atoms with E-state index < -0.39 is 0 Å². The van der Waals surface area contributed by atoms with Crippen LogP contribution in [0.25, 0.3) is 0 Å². The van der Waals surface area contributed by atoms with Gasteiger partial charge in [-0.25, -0.2) is 0 Å². The van der Waals surface area contributed by atoms with E-state index in [1.807, 2.05) is 32.0 Å². The lowest BCUT2D eigenvalue weighted by Crippen LogP contribution is -2.50. The van der Waals surface area contributed by atoms with Crippen LogP contribution in [0.2, 0.25) is 0 Å². The Balaban J connectivity index is 1.71. The van der Waals surface area contributed by atoms with Crippen molar-refractivity contribution < 1.29 is 23.8 Å². The quantitative estimate of drug-likeness (QED) is 0.755. The van der Waals surface area contributed by atoms with Gasteiger partial charge in [0.2, 0.25) is 5.75 Å². The van der Waals surface area contributed by atoms with Crippen LogP contribution in [0.1, 0.15) is 31.8 Å². The smallest absolute Gasteiger partial charge is 0.254 e. The highest BCUT2D eigenvalue weighted by atomic mass is 16.5. The Morgan fingerprint density at radius 1 is 0.700 bits per heavy atom. The zero-order chi connectivity index (χ0) is 21.8. The zero-order valence-corrected chi connectivity index (χ0v) is 18.2. The molecule has 0 bridgehead atoms. The van der Waals surface area contributed by atoms with Gasteiger partial charge in [-0.05, 0) is 49.2 Å². The van der Waals surface area contributed by atoms with Gasteiger partial charge in [0.05, 0.1) is 21.3 Å². The van der Waals surface area contributed by atoms with Crippen molar-refractivity contribution in [3.05, 3.63) is 52.6 Å². The molecule has 0 saturated carbocycles. The molecule has 0 aliphatic carbocycles. The maximum atomic E-state index is 13.0. The average Bonchev–Trinajstić information content (AvgIpc) is 2.78. The third-order valence-corrected chi connectivity index (χ3v) is 5.52. The Labute approximate surface area is 177 Å².